The van der Waals surface area contributed by atoms with Crippen LogP contribution in [0.4, 0.5) is 0 Å². The van der Waals surface area contributed by atoms with Gasteiger partial charge in [0.15, 0.2) is 0 Å². The molecule has 1 aromatic carbocycles. The van der Waals surface area contributed by atoms with Crippen molar-refractivity contribution >= 4 is 5.97 Å². The lowest BCUT2D eigenvalue weighted by atomic mass is 9.93. The van der Waals surface area contributed by atoms with E-state index in [4.69, 9.17) is 9.47 Å². The third kappa shape index (κ3) is 2.12. The number of hydrogen-bond acceptors (Lipinski definition) is 3. The van der Waals surface area contributed by atoms with E-state index in [0.29, 0.717) is 6.61 Å². The van der Waals surface area contributed by atoms with Gasteiger partial charge in [-0.3, -0.25) is 4.79 Å². The summed E-state index contributed by atoms with van der Waals surface area (Å²) >= 11 is 0. The number of esters is 1. The second kappa shape index (κ2) is 4.34. The lowest BCUT2D eigenvalue weighted by molar-refractivity contribution is -0.149. The molecule has 2 rings (SSSR count). The predicted molar refractivity (Wildman–Crippen MR) is 55.9 cm³/mol. The molecule has 1 heterocycles. The van der Waals surface area contributed by atoms with Crippen LogP contribution in [-0.4, -0.2) is 19.7 Å². The molecule has 1 saturated heterocycles. The van der Waals surface area contributed by atoms with Crippen molar-refractivity contribution in [1.29, 1.82) is 0 Å². The normalized spacial score (nSPS) is 20.9. The van der Waals surface area contributed by atoms with Gasteiger partial charge in [-0.05, 0) is 30.5 Å². The molecule has 1 aliphatic rings. The van der Waals surface area contributed by atoms with Crippen molar-refractivity contribution in [1.82, 2.24) is 0 Å². The smallest absolute Gasteiger partial charge is 0.313 e. The molecule has 0 spiro atoms. The Morgan fingerprint density at radius 2 is 2.07 bits per heavy atom. The fraction of sp³-hybridized carbons (Fsp3) is 0.417. The van der Waals surface area contributed by atoms with E-state index in [2.05, 4.69) is 0 Å². The highest BCUT2D eigenvalue weighted by molar-refractivity contribution is 5.78. The van der Waals surface area contributed by atoms with E-state index >= 15 is 0 Å². The van der Waals surface area contributed by atoms with Crippen LogP contribution >= 0.6 is 0 Å². The maximum absolute atomic E-state index is 11.5. The van der Waals surface area contributed by atoms with Crippen molar-refractivity contribution in [2.45, 2.75) is 18.8 Å². The Morgan fingerprint density at radius 3 is 2.67 bits per heavy atom. The zero-order valence-electron chi connectivity index (χ0n) is 8.73. The van der Waals surface area contributed by atoms with Crippen LogP contribution in [0.5, 0.6) is 5.75 Å². The van der Waals surface area contributed by atoms with Gasteiger partial charge >= 0.3 is 5.97 Å². The van der Waals surface area contributed by atoms with Crippen molar-refractivity contribution in [3.05, 3.63) is 29.8 Å². The first-order valence-corrected chi connectivity index (χ1v) is 5.12. The average molecular weight is 206 g/mol. The topological polar surface area (TPSA) is 35.5 Å². The SMILES string of the molecule is COc1ccc(C2CCCOC2=O)cc1. The van der Waals surface area contributed by atoms with Gasteiger partial charge in [0, 0.05) is 0 Å². The number of ether oxygens (including phenoxy) is 2. The number of cyclic esters (lactones) is 1. The van der Waals surface area contributed by atoms with Crippen LogP contribution in [0.3, 0.4) is 0 Å². The highest BCUT2D eigenvalue weighted by Crippen LogP contribution is 2.27. The number of carbonyl (C=O) groups excluding carboxylic acids is 1. The summed E-state index contributed by atoms with van der Waals surface area (Å²) in [6, 6.07) is 7.60. The summed E-state index contributed by atoms with van der Waals surface area (Å²) in [7, 11) is 1.63. The Morgan fingerprint density at radius 1 is 1.33 bits per heavy atom. The van der Waals surface area contributed by atoms with Crippen LogP contribution in [0, 0.1) is 0 Å². The fourth-order valence-corrected chi connectivity index (χ4v) is 1.82. The molecule has 3 heteroatoms. The first kappa shape index (κ1) is 10.0. The molecule has 15 heavy (non-hydrogen) atoms. The minimum absolute atomic E-state index is 0.0929. The van der Waals surface area contributed by atoms with Crippen LogP contribution in [0.2, 0.25) is 0 Å². The summed E-state index contributed by atoms with van der Waals surface area (Å²) in [5.74, 6) is 0.610. The van der Waals surface area contributed by atoms with Gasteiger partial charge in [0.1, 0.15) is 5.75 Å². The van der Waals surface area contributed by atoms with Crippen molar-refractivity contribution in [2.75, 3.05) is 13.7 Å². The maximum atomic E-state index is 11.5. The van der Waals surface area contributed by atoms with E-state index in [1.54, 1.807) is 7.11 Å². The van der Waals surface area contributed by atoms with E-state index in [9.17, 15) is 4.79 Å². The summed E-state index contributed by atoms with van der Waals surface area (Å²) in [5, 5.41) is 0. The van der Waals surface area contributed by atoms with Crippen LogP contribution in [0.15, 0.2) is 24.3 Å². The Balaban J connectivity index is 2.17. The molecular weight excluding hydrogens is 192 g/mol. The van der Waals surface area contributed by atoms with Crippen molar-refractivity contribution in [2.24, 2.45) is 0 Å². The number of hydrogen-bond donors (Lipinski definition) is 0. The molecule has 1 aliphatic heterocycles. The summed E-state index contributed by atoms with van der Waals surface area (Å²) in [6.07, 6.45) is 1.83. The zero-order valence-corrected chi connectivity index (χ0v) is 8.73. The molecule has 0 bridgehead atoms. The van der Waals surface area contributed by atoms with Crippen LogP contribution in [-0.2, 0) is 9.53 Å². The van der Waals surface area contributed by atoms with Gasteiger partial charge in [-0.1, -0.05) is 12.1 Å². The molecule has 0 aliphatic carbocycles. The van der Waals surface area contributed by atoms with E-state index in [0.717, 1.165) is 24.2 Å². The Hall–Kier alpha value is -1.51. The standard InChI is InChI=1S/C12H14O3/c1-14-10-6-4-9(5-7-10)11-3-2-8-15-12(11)13/h4-7,11H,2-3,8H2,1H3. The minimum atomic E-state index is -0.105. The molecule has 1 unspecified atom stereocenters. The van der Waals surface area contributed by atoms with Gasteiger partial charge in [-0.25, -0.2) is 0 Å². The average Bonchev–Trinajstić information content (AvgIpc) is 2.30. The molecule has 0 N–H and O–H groups in total. The van der Waals surface area contributed by atoms with Gasteiger partial charge in [-0.2, -0.15) is 0 Å². The highest BCUT2D eigenvalue weighted by atomic mass is 16.5. The number of carbonyl (C=O) groups is 1. The second-order valence-corrected chi connectivity index (χ2v) is 3.64. The third-order valence-electron chi connectivity index (χ3n) is 2.68. The molecule has 3 nitrogen and oxygen atoms in total. The number of benzene rings is 1. The highest BCUT2D eigenvalue weighted by Gasteiger charge is 2.25. The van der Waals surface area contributed by atoms with Crippen molar-refractivity contribution in [3.8, 4) is 5.75 Å². The Bertz CT molecular complexity index is 342. The Kier molecular flexibility index (Phi) is 2.90. The van der Waals surface area contributed by atoms with Crippen LogP contribution in [0.1, 0.15) is 24.3 Å². The van der Waals surface area contributed by atoms with Gasteiger partial charge in [0.25, 0.3) is 0 Å². The molecule has 1 fully saturated rings. The van der Waals surface area contributed by atoms with Crippen LogP contribution in [0.25, 0.3) is 0 Å². The summed E-state index contributed by atoms with van der Waals surface area (Å²) in [5.41, 5.74) is 1.01. The van der Waals surface area contributed by atoms with Crippen molar-refractivity contribution in [3.63, 3.8) is 0 Å². The Labute approximate surface area is 89.0 Å². The molecule has 0 radical (unpaired) electrons. The zero-order chi connectivity index (χ0) is 10.7. The quantitative estimate of drug-likeness (QED) is 0.695. The van der Waals surface area contributed by atoms with Gasteiger partial charge in [-0.15, -0.1) is 0 Å². The summed E-state index contributed by atoms with van der Waals surface area (Å²) < 4.78 is 10.1. The molecular formula is C12H14O3. The largest absolute Gasteiger partial charge is 0.497 e. The molecule has 80 valence electrons. The molecule has 1 aromatic rings. The third-order valence-corrected chi connectivity index (χ3v) is 2.68. The lowest BCUT2D eigenvalue weighted by Gasteiger charge is -2.21. The van der Waals surface area contributed by atoms with E-state index in [1.807, 2.05) is 24.3 Å². The molecule has 0 amide bonds. The first-order valence-electron chi connectivity index (χ1n) is 5.12. The minimum Gasteiger partial charge on any atom is -0.497 e. The fourth-order valence-electron chi connectivity index (χ4n) is 1.82. The van der Waals surface area contributed by atoms with E-state index in [1.165, 1.54) is 0 Å². The second-order valence-electron chi connectivity index (χ2n) is 3.64. The lowest BCUT2D eigenvalue weighted by Crippen LogP contribution is -2.22. The van der Waals surface area contributed by atoms with E-state index < -0.39 is 0 Å². The van der Waals surface area contributed by atoms with Gasteiger partial charge in [0.05, 0.1) is 19.6 Å². The van der Waals surface area contributed by atoms with Gasteiger partial charge in [0.2, 0.25) is 0 Å². The monoisotopic (exact) mass is 206 g/mol. The maximum Gasteiger partial charge on any atom is 0.313 e. The first-order chi connectivity index (χ1) is 7.31. The van der Waals surface area contributed by atoms with Crippen LogP contribution < -0.4 is 4.74 Å². The molecule has 0 saturated carbocycles. The van der Waals surface area contributed by atoms with E-state index in [-0.39, 0.29) is 11.9 Å². The predicted octanol–water partition coefficient (Wildman–Crippen LogP) is 2.12. The summed E-state index contributed by atoms with van der Waals surface area (Å²) in [6.45, 7) is 0.561. The molecule has 1 atom stereocenters. The number of rotatable bonds is 2. The van der Waals surface area contributed by atoms with Gasteiger partial charge < -0.3 is 9.47 Å². The van der Waals surface area contributed by atoms with Crippen molar-refractivity contribution < 1.29 is 14.3 Å². The summed E-state index contributed by atoms with van der Waals surface area (Å²) in [4.78, 5) is 11.5. The molecule has 0 aromatic heterocycles. The number of methoxy groups -OCH3 is 1.